The summed E-state index contributed by atoms with van der Waals surface area (Å²) in [7, 11) is 3.63. The summed E-state index contributed by atoms with van der Waals surface area (Å²) >= 11 is 0. The first kappa shape index (κ1) is 12.4. The highest BCUT2D eigenvalue weighted by atomic mass is 16.5. The standard InChI is InChI=1S/C13H23N3O/c1-5-6-10-7-12(10)14-8-11-9(2)15-16(3)13(11)17-4/h10,12,14H,5-8H2,1-4H3. The summed E-state index contributed by atoms with van der Waals surface area (Å²) in [5, 5.41) is 7.99. The van der Waals surface area contributed by atoms with E-state index in [0.717, 1.165) is 24.0 Å². The minimum atomic E-state index is 0.708. The van der Waals surface area contributed by atoms with E-state index in [1.54, 1.807) is 7.11 Å². The molecule has 2 atom stereocenters. The molecule has 1 aromatic rings. The van der Waals surface area contributed by atoms with E-state index in [1.165, 1.54) is 24.8 Å². The molecule has 0 bridgehead atoms. The van der Waals surface area contributed by atoms with E-state index in [0.29, 0.717) is 6.04 Å². The molecule has 1 heterocycles. The van der Waals surface area contributed by atoms with Crippen LogP contribution in [0.3, 0.4) is 0 Å². The zero-order valence-electron chi connectivity index (χ0n) is 11.3. The predicted octanol–water partition coefficient (Wildman–Crippen LogP) is 2.02. The molecular formula is C13H23N3O. The van der Waals surface area contributed by atoms with Crippen molar-refractivity contribution in [2.24, 2.45) is 13.0 Å². The van der Waals surface area contributed by atoms with Gasteiger partial charge in [-0.25, -0.2) is 4.68 Å². The SMILES string of the molecule is CCCC1CC1NCc1c(C)nn(C)c1OC. The van der Waals surface area contributed by atoms with Gasteiger partial charge in [0.15, 0.2) is 0 Å². The molecular weight excluding hydrogens is 214 g/mol. The van der Waals surface area contributed by atoms with Crippen LogP contribution in [0.4, 0.5) is 0 Å². The van der Waals surface area contributed by atoms with Gasteiger partial charge in [0.25, 0.3) is 0 Å². The molecule has 0 spiro atoms. The second-order valence-electron chi connectivity index (χ2n) is 4.97. The highest BCUT2D eigenvalue weighted by Gasteiger charge is 2.35. The van der Waals surface area contributed by atoms with Gasteiger partial charge in [-0.2, -0.15) is 5.10 Å². The molecule has 2 rings (SSSR count). The second-order valence-corrected chi connectivity index (χ2v) is 4.97. The Morgan fingerprint density at radius 1 is 1.53 bits per heavy atom. The zero-order valence-corrected chi connectivity index (χ0v) is 11.3. The quantitative estimate of drug-likeness (QED) is 0.822. The summed E-state index contributed by atoms with van der Waals surface area (Å²) in [6.45, 7) is 5.16. The van der Waals surface area contributed by atoms with Gasteiger partial charge < -0.3 is 10.1 Å². The van der Waals surface area contributed by atoms with Crippen molar-refractivity contribution >= 4 is 0 Å². The number of ether oxygens (including phenoxy) is 1. The van der Waals surface area contributed by atoms with Gasteiger partial charge >= 0.3 is 0 Å². The molecule has 0 aromatic carbocycles. The summed E-state index contributed by atoms with van der Waals surface area (Å²) in [5.41, 5.74) is 2.25. The molecule has 96 valence electrons. The van der Waals surface area contributed by atoms with Crippen LogP contribution in [0.15, 0.2) is 0 Å². The molecule has 4 heteroatoms. The van der Waals surface area contributed by atoms with Crippen LogP contribution >= 0.6 is 0 Å². The molecule has 1 aliphatic rings. The van der Waals surface area contributed by atoms with E-state index in [4.69, 9.17) is 4.74 Å². The number of methoxy groups -OCH3 is 1. The lowest BCUT2D eigenvalue weighted by molar-refractivity contribution is 0.367. The average molecular weight is 237 g/mol. The molecule has 1 fully saturated rings. The Morgan fingerprint density at radius 2 is 2.29 bits per heavy atom. The summed E-state index contributed by atoms with van der Waals surface area (Å²) in [4.78, 5) is 0. The normalized spacial score (nSPS) is 22.8. The number of aryl methyl sites for hydroxylation is 2. The third-order valence-corrected chi connectivity index (χ3v) is 3.61. The van der Waals surface area contributed by atoms with E-state index >= 15 is 0 Å². The monoisotopic (exact) mass is 237 g/mol. The van der Waals surface area contributed by atoms with Gasteiger partial charge in [0.2, 0.25) is 5.88 Å². The Hall–Kier alpha value is -1.03. The lowest BCUT2D eigenvalue weighted by Gasteiger charge is -2.06. The fraction of sp³-hybridized carbons (Fsp3) is 0.769. The highest BCUT2D eigenvalue weighted by molar-refractivity contribution is 5.30. The van der Waals surface area contributed by atoms with Crippen LogP contribution in [-0.2, 0) is 13.6 Å². The number of hydrogen-bond acceptors (Lipinski definition) is 3. The molecule has 0 radical (unpaired) electrons. The van der Waals surface area contributed by atoms with Crippen LogP contribution in [0.25, 0.3) is 0 Å². The number of aromatic nitrogens is 2. The molecule has 0 aliphatic heterocycles. The van der Waals surface area contributed by atoms with Crippen molar-refractivity contribution in [1.82, 2.24) is 15.1 Å². The Labute approximate surface area is 103 Å². The molecule has 0 amide bonds. The van der Waals surface area contributed by atoms with E-state index in [2.05, 4.69) is 17.3 Å². The van der Waals surface area contributed by atoms with Gasteiger partial charge in [-0.1, -0.05) is 13.3 Å². The van der Waals surface area contributed by atoms with Crippen LogP contribution in [0.5, 0.6) is 5.88 Å². The maximum absolute atomic E-state index is 5.38. The average Bonchev–Trinajstić information content (AvgIpc) is 2.96. The van der Waals surface area contributed by atoms with E-state index < -0.39 is 0 Å². The zero-order chi connectivity index (χ0) is 12.4. The summed E-state index contributed by atoms with van der Waals surface area (Å²) in [6.07, 6.45) is 3.97. The number of hydrogen-bond donors (Lipinski definition) is 1. The van der Waals surface area contributed by atoms with Crippen molar-refractivity contribution in [2.45, 2.75) is 45.7 Å². The lowest BCUT2D eigenvalue weighted by Crippen LogP contribution is -2.18. The fourth-order valence-electron chi connectivity index (χ4n) is 2.56. The van der Waals surface area contributed by atoms with Crippen molar-refractivity contribution in [3.05, 3.63) is 11.3 Å². The first-order valence-electron chi connectivity index (χ1n) is 6.47. The number of nitrogens with zero attached hydrogens (tertiary/aromatic N) is 2. The lowest BCUT2D eigenvalue weighted by atomic mass is 10.2. The van der Waals surface area contributed by atoms with Crippen LogP contribution in [0, 0.1) is 12.8 Å². The third-order valence-electron chi connectivity index (χ3n) is 3.61. The number of rotatable bonds is 6. The Bertz CT molecular complexity index is 386. The minimum absolute atomic E-state index is 0.708. The van der Waals surface area contributed by atoms with Crippen molar-refractivity contribution < 1.29 is 4.74 Å². The van der Waals surface area contributed by atoms with Crippen molar-refractivity contribution in [1.29, 1.82) is 0 Å². The van der Waals surface area contributed by atoms with Crippen molar-refractivity contribution in [3.8, 4) is 5.88 Å². The smallest absolute Gasteiger partial charge is 0.216 e. The predicted molar refractivity (Wildman–Crippen MR) is 68.1 cm³/mol. The third kappa shape index (κ3) is 2.63. The van der Waals surface area contributed by atoms with Crippen LogP contribution < -0.4 is 10.1 Å². The van der Waals surface area contributed by atoms with Gasteiger partial charge in [0.1, 0.15) is 0 Å². The highest BCUT2D eigenvalue weighted by Crippen LogP contribution is 2.35. The van der Waals surface area contributed by atoms with Gasteiger partial charge in [0, 0.05) is 19.6 Å². The van der Waals surface area contributed by atoms with E-state index in [-0.39, 0.29) is 0 Å². The Balaban J connectivity index is 1.91. The summed E-state index contributed by atoms with van der Waals surface area (Å²) < 4.78 is 7.19. The second kappa shape index (κ2) is 5.08. The molecule has 1 N–H and O–H groups in total. The van der Waals surface area contributed by atoms with Crippen molar-refractivity contribution in [2.75, 3.05) is 7.11 Å². The maximum atomic E-state index is 5.38. The summed E-state index contributed by atoms with van der Waals surface area (Å²) in [6, 6.07) is 0.708. The molecule has 1 saturated carbocycles. The Morgan fingerprint density at radius 3 is 2.94 bits per heavy atom. The topological polar surface area (TPSA) is 39.1 Å². The molecule has 1 aromatic heterocycles. The van der Waals surface area contributed by atoms with E-state index in [1.807, 2.05) is 18.7 Å². The molecule has 0 saturated heterocycles. The first-order chi connectivity index (χ1) is 8.17. The minimum Gasteiger partial charge on any atom is -0.481 e. The molecule has 2 unspecified atom stereocenters. The van der Waals surface area contributed by atoms with Crippen LogP contribution in [0.1, 0.15) is 37.4 Å². The largest absolute Gasteiger partial charge is 0.481 e. The molecule has 1 aliphatic carbocycles. The van der Waals surface area contributed by atoms with Crippen LogP contribution in [0.2, 0.25) is 0 Å². The van der Waals surface area contributed by atoms with Gasteiger partial charge in [-0.05, 0) is 25.7 Å². The van der Waals surface area contributed by atoms with E-state index in [9.17, 15) is 0 Å². The molecule has 4 nitrogen and oxygen atoms in total. The van der Waals surface area contributed by atoms with Crippen molar-refractivity contribution in [3.63, 3.8) is 0 Å². The van der Waals surface area contributed by atoms with Gasteiger partial charge in [0.05, 0.1) is 18.4 Å². The first-order valence-corrected chi connectivity index (χ1v) is 6.47. The molecule has 17 heavy (non-hydrogen) atoms. The Kier molecular flexibility index (Phi) is 3.72. The number of nitrogens with one attached hydrogen (secondary N) is 1. The maximum Gasteiger partial charge on any atom is 0.216 e. The van der Waals surface area contributed by atoms with Gasteiger partial charge in [-0.3, -0.25) is 0 Å². The van der Waals surface area contributed by atoms with Crippen LogP contribution in [-0.4, -0.2) is 22.9 Å². The summed E-state index contributed by atoms with van der Waals surface area (Å²) in [5.74, 6) is 1.77. The van der Waals surface area contributed by atoms with Gasteiger partial charge in [-0.15, -0.1) is 0 Å². The fourth-order valence-corrected chi connectivity index (χ4v) is 2.56.